The van der Waals surface area contributed by atoms with Crippen LogP contribution in [0.3, 0.4) is 0 Å². The molecule has 0 spiro atoms. The van der Waals surface area contributed by atoms with Gasteiger partial charge in [-0.25, -0.2) is 0 Å². The number of nitrogens with one attached hydrogen (secondary N) is 1. The number of nitrogens with two attached hydrogens (primary N) is 1. The lowest BCUT2D eigenvalue weighted by atomic mass is 10.1. The van der Waals surface area contributed by atoms with Crippen LogP contribution >= 0.6 is 15.9 Å². The van der Waals surface area contributed by atoms with E-state index in [0.717, 1.165) is 15.7 Å². The molecule has 0 heterocycles. The number of rotatable bonds is 4. The van der Waals surface area contributed by atoms with Gasteiger partial charge >= 0.3 is 0 Å². The van der Waals surface area contributed by atoms with Gasteiger partial charge in [-0.05, 0) is 37.1 Å². The number of amides is 1. The second kappa shape index (κ2) is 6.01. The normalized spacial score (nSPS) is 12.2. The van der Waals surface area contributed by atoms with Crippen LogP contribution in [0.1, 0.15) is 18.9 Å². The summed E-state index contributed by atoms with van der Waals surface area (Å²) >= 11 is 3.43. The fraction of sp³-hybridized carbons (Fsp3) is 0.417. The minimum absolute atomic E-state index is 0.0131. The Kier molecular flexibility index (Phi) is 4.96. The van der Waals surface area contributed by atoms with Gasteiger partial charge in [0, 0.05) is 16.6 Å². The van der Waals surface area contributed by atoms with Gasteiger partial charge in [0.1, 0.15) is 0 Å². The van der Waals surface area contributed by atoms with Crippen molar-refractivity contribution in [2.24, 2.45) is 11.7 Å². The molecule has 0 aromatic heterocycles. The maximum atomic E-state index is 11.7. The Balaban J connectivity index is 2.66. The number of carbonyl (C=O) groups excluding carboxylic acids is 1. The summed E-state index contributed by atoms with van der Waals surface area (Å²) in [5, 5.41) is 2.89. The smallest absolute Gasteiger partial charge is 0.224 e. The topological polar surface area (TPSA) is 55.1 Å². The molecule has 1 rings (SSSR count). The maximum Gasteiger partial charge on any atom is 0.224 e. The number of anilines is 1. The summed E-state index contributed by atoms with van der Waals surface area (Å²) in [5.41, 5.74) is 7.37. The molecule has 0 radical (unpaired) electrons. The van der Waals surface area contributed by atoms with Gasteiger partial charge in [0.2, 0.25) is 5.91 Å². The highest BCUT2D eigenvalue weighted by atomic mass is 79.9. The number of carbonyl (C=O) groups is 1. The summed E-state index contributed by atoms with van der Waals surface area (Å²) in [7, 11) is 0. The van der Waals surface area contributed by atoms with Crippen molar-refractivity contribution in [3.05, 3.63) is 28.2 Å². The highest BCUT2D eigenvalue weighted by Gasteiger charge is 2.09. The van der Waals surface area contributed by atoms with Gasteiger partial charge in [0.25, 0.3) is 0 Å². The van der Waals surface area contributed by atoms with Gasteiger partial charge in [-0.3, -0.25) is 4.79 Å². The van der Waals surface area contributed by atoms with Crippen molar-refractivity contribution in [2.45, 2.75) is 20.3 Å². The molecule has 0 aliphatic carbocycles. The summed E-state index contributed by atoms with van der Waals surface area (Å²) < 4.78 is 0.997. The van der Waals surface area contributed by atoms with Crippen LogP contribution in [0.4, 0.5) is 5.69 Å². The number of halogens is 1. The van der Waals surface area contributed by atoms with Crippen LogP contribution in [0.2, 0.25) is 0 Å². The number of hydrogen-bond donors (Lipinski definition) is 2. The molecule has 16 heavy (non-hydrogen) atoms. The van der Waals surface area contributed by atoms with Gasteiger partial charge in [-0.1, -0.05) is 28.9 Å². The third kappa shape index (κ3) is 3.61. The highest BCUT2D eigenvalue weighted by Crippen LogP contribution is 2.23. The van der Waals surface area contributed by atoms with Crippen LogP contribution in [-0.4, -0.2) is 12.5 Å². The van der Waals surface area contributed by atoms with Crippen molar-refractivity contribution in [2.75, 3.05) is 11.9 Å². The summed E-state index contributed by atoms with van der Waals surface area (Å²) in [6.45, 7) is 4.46. The van der Waals surface area contributed by atoms with Crippen LogP contribution in [0.5, 0.6) is 0 Å². The first-order valence-corrected chi connectivity index (χ1v) is 6.09. The molecule has 0 saturated carbocycles. The van der Waals surface area contributed by atoms with E-state index in [-0.39, 0.29) is 11.8 Å². The third-order valence-electron chi connectivity index (χ3n) is 2.48. The molecule has 0 aliphatic heterocycles. The quantitative estimate of drug-likeness (QED) is 0.893. The van der Waals surface area contributed by atoms with Crippen LogP contribution in [-0.2, 0) is 4.79 Å². The molecule has 0 saturated heterocycles. The Morgan fingerprint density at radius 2 is 2.25 bits per heavy atom. The largest absolute Gasteiger partial charge is 0.330 e. The fourth-order valence-electron chi connectivity index (χ4n) is 1.34. The molecule has 3 nitrogen and oxygen atoms in total. The molecule has 1 amide bonds. The van der Waals surface area contributed by atoms with E-state index in [1.165, 1.54) is 0 Å². The lowest BCUT2D eigenvalue weighted by Crippen LogP contribution is -2.20. The summed E-state index contributed by atoms with van der Waals surface area (Å²) in [4.78, 5) is 11.7. The minimum atomic E-state index is 0.0131. The van der Waals surface area contributed by atoms with Crippen molar-refractivity contribution in [3.63, 3.8) is 0 Å². The molecule has 1 aromatic rings. The zero-order valence-electron chi connectivity index (χ0n) is 9.59. The van der Waals surface area contributed by atoms with Crippen LogP contribution in [0.25, 0.3) is 0 Å². The van der Waals surface area contributed by atoms with E-state index < -0.39 is 0 Å². The Labute approximate surface area is 105 Å². The molecule has 1 aromatic carbocycles. The van der Waals surface area contributed by atoms with Crippen molar-refractivity contribution >= 4 is 27.5 Å². The lowest BCUT2D eigenvalue weighted by molar-refractivity contribution is -0.116. The molecule has 1 unspecified atom stereocenters. The molecular formula is C12H17BrN2O. The van der Waals surface area contributed by atoms with E-state index >= 15 is 0 Å². The fourth-order valence-corrected chi connectivity index (χ4v) is 1.71. The first-order chi connectivity index (χ1) is 7.54. The van der Waals surface area contributed by atoms with Gasteiger partial charge in [0.15, 0.2) is 0 Å². The molecule has 3 N–H and O–H groups in total. The average Bonchev–Trinajstić information content (AvgIpc) is 2.24. The van der Waals surface area contributed by atoms with E-state index in [2.05, 4.69) is 21.2 Å². The first-order valence-electron chi connectivity index (χ1n) is 5.29. The zero-order chi connectivity index (χ0) is 12.1. The molecule has 4 heteroatoms. The number of benzene rings is 1. The van der Waals surface area contributed by atoms with Gasteiger partial charge in [0.05, 0.1) is 0 Å². The van der Waals surface area contributed by atoms with Gasteiger partial charge in [-0.15, -0.1) is 0 Å². The molecule has 0 aliphatic rings. The van der Waals surface area contributed by atoms with E-state index in [4.69, 9.17) is 5.73 Å². The summed E-state index contributed by atoms with van der Waals surface area (Å²) in [6, 6.07) is 5.75. The summed E-state index contributed by atoms with van der Waals surface area (Å²) in [5.74, 6) is 0.228. The molecule has 88 valence electrons. The SMILES string of the molecule is Cc1c(Br)cccc1NC(=O)CC(C)CN. The van der Waals surface area contributed by atoms with E-state index in [0.29, 0.717) is 13.0 Å². The van der Waals surface area contributed by atoms with Crippen molar-refractivity contribution in [1.29, 1.82) is 0 Å². The van der Waals surface area contributed by atoms with Crippen LogP contribution < -0.4 is 11.1 Å². The Bertz CT molecular complexity index is 379. The van der Waals surface area contributed by atoms with E-state index in [1.54, 1.807) is 0 Å². The highest BCUT2D eigenvalue weighted by molar-refractivity contribution is 9.10. The van der Waals surface area contributed by atoms with Gasteiger partial charge in [-0.2, -0.15) is 0 Å². The predicted octanol–water partition coefficient (Wildman–Crippen LogP) is 2.68. The monoisotopic (exact) mass is 284 g/mol. The second-order valence-electron chi connectivity index (χ2n) is 4.01. The first kappa shape index (κ1) is 13.2. The Hall–Kier alpha value is -0.870. The molecule has 1 atom stereocenters. The number of hydrogen-bond acceptors (Lipinski definition) is 2. The minimum Gasteiger partial charge on any atom is -0.330 e. The van der Waals surface area contributed by atoms with Crippen molar-refractivity contribution in [3.8, 4) is 0 Å². The van der Waals surface area contributed by atoms with E-state index in [9.17, 15) is 4.79 Å². The predicted molar refractivity (Wildman–Crippen MR) is 70.3 cm³/mol. The Morgan fingerprint density at radius 1 is 1.56 bits per heavy atom. The maximum absolute atomic E-state index is 11.7. The lowest BCUT2D eigenvalue weighted by Gasteiger charge is -2.11. The Morgan fingerprint density at radius 3 is 2.88 bits per heavy atom. The van der Waals surface area contributed by atoms with Crippen molar-refractivity contribution < 1.29 is 4.79 Å². The van der Waals surface area contributed by atoms with Crippen molar-refractivity contribution in [1.82, 2.24) is 0 Å². The van der Waals surface area contributed by atoms with Crippen LogP contribution in [0.15, 0.2) is 22.7 Å². The van der Waals surface area contributed by atoms with Crippen LogP contribution in [0, 0.1) is 12.8 Å². The standard InChI is InChI=1S/C12H17BrN2O/c1-8(7-14)6-12(16)15-11-5-3-4-10(13)9(11)2/h3-5,8H,6-7,14H2,1-2H3,(H,15,16). The zero-order valence-corrected chi connectivity index (χ0v) is 11.2. The summed E-state index contributed by atoms with van der Waals surface area (Å²) in [6.07, 6.45) is 0.461. The molecular weight excluding hydrogens is 268 g/mol. The van der Waals surface area contributed by atoms with Gasteiger partial charge < -0.3 is 11.1 Å². The van der Waals surface area contributed by atoms with E-state index in [1.807, 2.05) is 32.0 Å². The average molecular weight is 285 g/mol. The second-order valence-corrected chi connectivity index (χ2v) is 4.86. The molecule has 0 bridgehead atoms. The third-order valence-corrected chi connectivity index (χ3v) is 3.34. The molecule has 0 fully saturated rings.